The van der Waals surface area contributed by atoms with Crippen molar-refractivity contribution in [1.29, 1.82) is 0 Å². The van der Waals surface area contributed by atoms with Crippen LogP contribution in [0.1, 0.15) is 5.56 Å². The fourth-order valence-electron chi connectivity index (χ4n) is 0.798. The molecule has 2 heteroatoms. The van der Waals surface area contributed by atoms with Crippen molar-refractivity contribution < 1.29 is 4.39 Å². The van der Waals surface area contributed by atoms with E-state index in [1.165, 1.54) is 13.0 Å². The zero-order valence-corrected chi connectivity index (χ0v) is 5.89. The summed E-state index contributed by atoms with van der Waals surface area (Å²) >= 11 is 0. The minimum atomic E-state index is -0.199. The molecule has 0 saturated heterocycles. The Bertz CT molecular complexity index is 255. The Morgan fingerprint density at radius 3 is 2.70 bits per heavy atom. The van der Waals surface area contributed by atoms with Gasteiger partial charge in [0.15, 0.2) is 0 Å². The molecule has 0 spiro atoms. The summed E-state index contributed by atoms with van der Waals surface area (Å²) in [6.45, 7) is 6.85. The first-order chi connectivity index (χ1) is 4.74. The van der Waals surface area contributed by atoms with Gasteiger partial charge in [0.2, 0.25) is 0 Å². The predicted octanol–water partition coefficient (Wildman–Crippen LogP) is 0.896. The maximum absolute atomic E-state index is 12.8. The van der Waals surface area contributed by atoms with E-state index in [0.717, 1.165) is 5.56 Å². The van der Waals surface area contributed by atoms with Crippen molar-refractivity contribution in [2.75, 3.05) is 0 Å². The van der Waals surface area contributed by atoms with E-state index in [-0.39, 0.29) is 5.82 Å². The van der Waals surface area contributed by atoms with Crippen LogP contribution >= 0.6 is 0 Å². The molecule has 10 heavy (non-hydrogen) atoms. The van der Waals surface area contributed by atoms with Crippen molar-refractivity contribution >= 4 is 18.9 Å². The molecule has 0 aliphatic rings. The molecule has 1 aromatic carbocycles. The third-order valence-corrected chi connectivity index (χ3v) is 1.38. The van der Waals surface area contributed by atoms with Crippen LogP contribution in [0.2, 0.25) is 0 Å². The van der Waals surface area contributed by atoms with Gasteiger partial charge in [0.1, 0.15) is 0 Å². The number of aryl methyl sites for hydroxylation is 1. The summed E-state index contributed by atoms with van der Waals surface area (Å²) in [5.74, 6) is -0.199. The fourth-order valence-corrected chi connectivity index (χ4v) is 0.798. The second kappa shape index (κ2) is 2.78. The van der Waals surface area contributed by atoms with Crippen LogP contribution in [-0.4, -0.2) is 13.4 Å². The van der Waals surface area contributed by atoms with Gasteiger partial charge in [-0.3, -0.25) is 0 Å². The van der Waals surface area contributed by atoms with Crippen molar-refractivity contribution in [2.24, 2.45) is 0 Å². The van der Waals surface area contributed by atoms with Gasteiger partial charge in [0.25, 0.3) is 0 Å². The van der Waals surface area contributed by atoms with Crippen LogP contribution < -0.4 is 5.46 Å². The molecule has 0 aliphatic heterocycles. The Hall–Kier alpha value is -0.915. The topological polar surface area (TPSA) is 0 Å². The molecule has 0 atom stereocenters. The molecule has 50 valence electrons. The summed E-state index contributed by atoms with van der Waals surface area (Å²) in [7, 11) is 0. The number of hydrogen-bond acceptors (Lipinski definition) is 0. The normalized spacial score (nSPS) is 9.00. The first-order valence-corrected chi connectivity index (χ1v) is 3.12. The molecule has 0 saturated carbocycles. The average Bonchev–Trinajstić information content (AvgIpc) is 1.88. The summed E-state index contributed by atoms with van der Waals surface area (Å²) in [4.78, 5) is 0. The van der Waals surface area contributed by atoms with E-state index in [2.05, 4.69) is 6.47 Å². The van der Waals surface area contributed by atoms with Gasteiger partial charge in [-0.2, -0.15) is 0 Å². The molecule has 0 fully saturated rings. The van der Waals surface area contributed by atoms with E-state index in [4.69, 9.17) is 0 Å². The molecule has 0 radical (unpaired) electrons. The van der Waals surface area contributed by atoms with E-state index < -0.39 is 0 Å². The van der Waals surface area contributed by atoms with Crippen LogP contribution in [0.4, 0.5) is 4.39 Å². The summed E-state index contributed by atoms with van der Waals surface area (Å²) in [5, 5.41) is 0. The Morgan fingerprint density at radius 1 is 1.50 bits per heavy atom. The Morgan fingerprint density at radius 2 is 2.20 bits per heavy atom. The van der Waals surface area contributed by atoms with E-state index >= 15 is 0 Å². The molecule has 1 rings (SSSR count). The quantitative estimate of drug-likeness (QED) is 0.500. The fraction of sp³-hybridized carbons (Fsp3) is 0.125. The number of benzene rings is 1. The van der Waals surface area contributed by atoms with E-state index in [9.17, 15) is 4.39 Å². The van der Waals surface area contributed by atoms with Crippen LogP contribution in [0.3, 0.4) is 0 Å². The molecule has 0 bridgehead atoms. The number of halogens is 1. The molecular weight excluding hydrogens is 126 g/mol. The van der Waals surface area contributed by atoms with Crippen molar-refractivity contribution in [2.45, 2.75) is 6.92 Å². The van der Waals surface area contributed by atoms with Gasteiger partial charge in [0, 0.05) is 0 Å². The van der Waals surface area contributed by atoms with Crippen molar-refractivity contribution in [3.8, 4) is 0 Å². The van der Waals surface area contributed by atoms with Gasteiger partial charge in [-0.05, 0) is 0 Å². The molecule has 0 N–H and O–H groups in total. The average molecular weight is 134 g/mol. The Labute approximate surface area is 60.6 Å². The van der Waals surface area contributed by atoms with Crippen molar-refractivity contribution in [3.05, 3.63) is 29.6 Å². The molecule has 0 unspecified atom stereocenters. The zero-order valence-electron chi connectivity index (χ0n) is 5.89. The maximum atomic E-state index is 12.8. The Kier molecular flexibility index (Phi) is 2.00. The monoisotopic (exact) mass is 134 g/mol. The van der Waals surface area contributed by atoms with Crippen LogP contribution in [-0.2, 0) is 0 Å². The first kappa shape index (κ1) is 7.20. The van der Waals surface area contributed by atoms with Gasteiger partial charge < -0.3 is 0 Å². The minimum absolute atomic E-state index is 0.199. The van der Waals surface area contributed by atoms with Gasteiger partial charge in [0.05, 0.1) is 0 Å². The van der Waals surface area contributed by atoms with Crippen LogP contribution in [0, 0.1) is 12.7 Å². The van der Waals surface area contributed by atoms with Gasteiger partial charge in [-0.25, -0.2) is 0 Å². The van der Waals surface area contributed by atoms with Gasteiger partial charge >= 0.3 is 59.7 Å². The standard InChI is InChI=1S/C8H8BF/c1-6-3-4-7(9-2)8(10)5-6/h3-5H,2H2,1H3. The van der Waals surface area contributed by atoms with Crippen molar-refractivity contribution in [1.82, 2.24) is 0 Å². The molecule has 0 aromatic heterocycles. The molecule has 0 heterocycles. The summed E-state index contributed by atoms with van der Waals surface area (Å²) < 4.78 is 12.8. The number of hydrogen-bond donors (Lipinski definition) is 0. The summed E-state index contributed by atoms with van der Waals surface area (Å²) in [5.41, 5.74) is 1.49. The van der Waals surface area contributed by atoms with E-state index in [1.807, 2.05) is 13.0 Å². The second-order valence-corrected chi connectivity index (χ2v) is 2.23. The Balaban J connectivity index is 3.19. The predicted molar refractivity (Wildman–Crippen MR) is 43.6 cm³/mol. The number of rotatable bonds is 1. The molecule has 0 amide bonds. The van der Waals surface area contributed by atoms with Crippen LogP contribution in [0.5, 0.6) is 0 Å². The van der Waals surface area contributed by atoms with Gasteiger partial charge in [-0.15, -0.1) is 0 Å². The van der Waals surface area contributed by atoms with Crippen molar-refractivity contribution in [3.63, 3.8) is 0 Å². The zero-order chi connectivity index (χ0) is 7.56. The van der Waals surface area contributed by atoms with Crippen LogP contribution in [0.15, 0.2) is 18.2 Å². The molecule has 1 aromatic rings. The molecule has 0 nitrogen and oxygen atoms in total. The van der Waals surface area contributed by atoms with E-state index in [0.29, 0.717) is 5.46 Å². The third kappa shape index (κ3) is 1.32. The third-order valence-electron chi connectivity index (χ3n) is 1.38. The van der Waals surface area contributed by atoms with Crippen LogP contribution in [0.25, 0.3) is 0 Å². The first-order valence-electron chi connectivity index (χ1n) is 3.12. The summed E-state index contributed by atoms with van der Waals surface area (Å²) in [6.07, 6.45) is 0. The SMILES string of the molecule is C=Bc1ccc(C)cc1F. The van der Waals surface area contributed by atoms with E-state index in [1.54, 1.807) is 6.07 Å². The second-order valence-electron chi connectivity index (χ2n) is 2.23. The summed E-state index contributed by atoms with van der Waals surface area (Å²) in [6, 6.07) is 5.08. The van der Waals surface area contributed by atoms with Gasteiger partial charge in [-0.1, -0.05) is 0 Å². The molecular formula is C8H8BF. The molecule has 0 aliphatic carbocycles.